The zero-order chi connectivity index (χ0) is 24.6. The van der Waals surface area contributed by atoms with Crippen molar-refractivity contribution in [1.82, 2.24) is 15.0 Å². The molecule has 0 N–H and O–H groups in total. The normalized spacial score (nSPS) is 16.5. The molecule has 5 heteroatoms. The zero-order valence-corrected chi connectivity index (χ0v) is 22.9. The summed E-state index contributed by atoms with van der Waals surface area (Å²) in [5.74, 6) is 1.82. The van der Waals surface area contributed by atoms with E-state index in [-0.39, 0.29) is 16.7 Å². The first-order chi connectivity index (χ1) is 15.8. The van der Waals surface area contributed by atoms with E-state index in [4.69, 9.17) is 19.4 Å². The maximum atomic E-state index is 6.49. The lowest BCUT2D eigenvalue weighted by molar-refractivity contribution is 0.282. The maximum Gasteiger partial charge on any atom is 0.197 e. The Hall–Kier alpha value is -2.79. The Balaban J connectivity index is 1.87. The third-order valence-corrected chi connectivity index (χ3v) is 9.93. The minimum absolute atomic E-state index is 0.209. The van der Waals surface area contributed by atoms with Gasteiger partial charge in [-0.25, -0.2) is 15.0 Å². The van der Waals surface area contributed by atoms with Crippen molar-refractivity contribution in [1.29, 1.82) is 0 Å². The van der Waals surface area contributed by atoms with E-state index in [1.807, 2.05) is 0 Å². The summed E-state index contributed by atoms with van der Waals surface area (Å²) < 4.78 is 6.49. The third kappa shape index (κ3) is 3.20. The second-order valence-corrected chi connectivity index (χ2v) is 17.1. The number of oxazole rings is 1. The fourth-order valence-electron chi connectivity index (χ4n) is 5.13. The molecule has 0 bridgehead atoms. The molecule has 4 nitrogen and oxygen atoms in total. The average molecular weight is 470 g/mol. The van der Waals surface area contributed by atoms with Crippen molar-refractivity contribution >= 4 is 24.0 Å². The Morgan fingerprint density at radius 2 is 1.56 bits per heavy atom. The average Bonchev–Trinajstić information content (AvgIpc) is 3.23. The molecule has 5 rings (SSSR count). The van der Waals surface area contributed by atoms with E-state index in [0.29, 0.717) is 0 Å². The van der Waals surface area contributed by atoms with Crippen molar-refractivity contribution < 1.29 is 4.42 Å². The number of benzene rings is 2. The Morgan fingerprint density at radius 1 is 0.882 bits per heavy atom. The predicted molar refractivity (Wildman–Crippen MR) is 144 cm³/mol. The molecule has 0 saturated carbocycles. The molecule has 0 unspecified atom stereocenters. The van der Waals surface area contributed by atoms with Crippen LogP contribution in [0.2, 0.25) is 19.6 Å². The lowest BCUT2D eigenvalue weighted by Gasteiger charge is -2.44. The van der Waals surface area contributed by atoms with Gasteiger partial charge in [-0.05, 0) is 16.8 Å². The number of fused-ring (bicyclic) bond motifs is 4. The standard InChI is InChI=1S/C29H35N3OSi/c1-17(2)27-32-26-24(33-27)22-23(30-16-31-25(22)28(3,4)29(26,5)6)19-14-18-12-10-11-13-20(18)21(15-19)34(7,8)9/h10-17H,1-9H3. The van der Waals surface area contributed by atoms with E-state index in [9.17, 15) is 0 Å². The largest absolute Gasteiger partial charge is 0.440 e. The lowest BCUT2D eigenvalue weighted by atomic mass is 9.59. The van der Waals surface area contributed by atoms with Crippen LogP contribution in [0.4, 0.5) is 0 Å². The lowest BCUT2D eigenvalue weighted by Crippen LogP contribution is -2.44. The Morgan fingerprint density at radius 3 is 2.24 bits per heavy atom. The van der Waals surface area contributed by atoms with Crippen LogP contribution in [-0.4, -0.2) is 23.0 Å². The van der Waals surface area contributed by atoms with Crippen molar-refractivity contribution in [2.24, 2.45) is 0 Å². The van der Waals surface area contributed by atoms with Crippen LogP contribution in [0.1, 0.15) is 64.7 Å². The number of aromatic nitrogens is 3. The van der Waals surface area contributed by atoms with Gasteiger partial charge in [0, 0.05) is 22.3 Å². The number of hydrogen-bond donors (Lipinski definition) is 0. The van der Waals surface area contributed by atoms with Gasteiger partial charge in [0.1, 0.15) is 6.33 Å². The highest BCUT2D eigenvalue weighted by Gasteiger charge is 2.51. The van der Waals surface area contributed by atoms with Crippen LogP contribution in [0.3, 0.4) is 0 Å². The van der Waals surface area contributed by atoms with E-state index in [2.05, 4.69) is 97.6 Å². The van der Waals surface area contributed by atoms with Gasteiger partial charge in [-0.3, -0.25) is 0 Å². The van der Waals surface area contributed by atoms with Gasteiger partial charge in [0.2, 0.25) is 0 Å². The molecule has 2 heterocycles. The van der Waals surface area contributed by atoms with Crippen LogP contribution < -0.4 is 5.19 Å². The molecular formula is C29H35N3OSi. The molecule has 0 radical (unpaired) electrons. The van der Waals surface area contributed by atoms with Crippen LogP contribution in [0.15, 0.2) is 47.1 Å². The fourth-order valence-corrected chi connectivity index (χ4v) is 6.75. The molecule has 2 aromatic carbocycles. The van der Waals surface area contributed by atoms with Crippen LogP contribution >= 0.6 is 0 Å². The molecule has 0 amide bonds. The van der Waals surface area contributed by atoms with E-state index in [0.717, 1.165) is 39.9 Å². The second kappa shape index (κ2) is 7.35. The molecule has 4 aromatic rings. The predicted octanol–water partition coefficient (Wildman–Crippen LogP) is 7.19. The summed E-state index contributed by atoms with van der Waals surface area (Å²) in [5, 5.41) is 4.04. The summed E-state index contributed by atoms with van der Waals surface area (Å²) in [6.45, 7) is 20.5. The van der Waals surface area contributed by atoms with Crippen molar-refractivity contribution in [3.63, 3.8) is 0 Å². The number of nitrogens with zero attached hydrogens (tertiary/aromatic N) is 3. The maximum absolute atomic E-state index is 6.49. The molecule has 0 spiro atoms. The van der Waals surface area contributed by atoms with Crippen LogP contribution in [0.5, 0.6) is 0 Å². The van der Waals surface area contributed by atoms with Crippen LogP contribution in [0, 0.1) is 0 Å². The molecule has 2 aromatic heterocycles. The van der Waals surface area contributed by atoms with Gasteiger partial charge in [0.05, 0.1) is 30.7 Å². The first-order valence-electron chi connectivity index (χ1n) is 12.2. The SMILES string of the molecule is CC(C)c1nc2c(o1)-c1c(-c3cc([Si](C)(C)C)c4ccccc4c3)ncnc1C(C)(C)C2(C)C. The third-order valence-electron chi connectivity index (χ3n) is 7.90. The molecule has 1 aliphatic carbocycles. The Bertz CT molecular complexity index is 1420. The summed E-state index contributed by atoms with van der Waals surface area (Å²) in [5.41, 5.74) is 4.63. The first-order valence-corrected chi connectivity index (χ1v) is 15.7. The summed E-state index contributed by atoms with van der Waals surface area (Å²) in [4.78, 5) is 14.7. The second-order valence-electron chi connectivity index (χ2n) is 12.1. The number of rotatable bonds is 3. The summed E-state index contributed by atoms with van der Waals surface area (Å²) in [6.07, 6.45) is 1.72. The van der Waals surface area contributed by atoms with E-state index < -0.39 is 8.07 Å². The fraction of sp³-hybridized carbons (Fsp3) is 0.414. The van der Waals surface area contributed by atoms with Gasteiger partial charge >= 0.3 is 0 Å². The van der Waals surface area contributed by atoms with E-state index in [1.165, 1.54) is 16.0 Å². The van der Waals surface area contributed by atoms with Crippen molar-refractivity contribution in [2.75, 3.05) is 0 Å². The van der Waals surface area contributed by atoms with Crippen LogP contribution in [0.25, 0.3) is 33.4 Å². The molecule has 34 heavy (non-hydrogen) atoms. The van der Waals surface area contributed by atoms with Gasteiger partial charge < -0.3 is 4.42 Å². The summed E-state index contributed by atoms with van der Waals surface area (Å²) in [7, 11) is -1.61. The smallest absolute Gasteiger partial charge is 0.197 e. The Labute approximate surface area is 203 Å². The molecule has 0 aliphatic heterocycles. The Kier molecular flexibility index (Phi) is 4.97. The summed E-state index contributed by atoms with van der Waals surface area (Å²) in [6, 6.07) is 13.3. The minimum Gasteiger partial charge on any atom is -0.440 e. The quantitative estimate of drug-likeness (QED) is 0.298. The topological polar surface area (TPSA) is 51.8 Å². The number of hydrogen-bond acceptors (Lipinski definition) is 4. The monoisotopic (exact) mass is 469 g/mol. The molecule has 0 saturated heterocycles. The van der Waals surface area contributed by atoms with Crippen molar-refractivity contribution in [3.05, 3.63) is 60.0 Å². The molecule has 0 atom stereocenters. The van der Waals surface area contributed by atoms with Crippen molar-refractivity contribution in [3.8, 4) is 22.6 Å². The van der Waals surface area contributed by atoms with Crippen molar-refractivity contribution in [2.45, 2.75) is 77.9 Å². The van der Waals surface area contributed by atoms with Gasteiger partial charge in [-0.2, -0.15) is 0 Å². The van der Waals surface area contributed by atoms with Gasteiger partial charge in [0.25, 0.3) is 0 Å². The highest BCUT2D eigenvalue weighted by atomic mass is 28.3. The molecule has 176 valence electrons. The van der Waals surface area contributed by atoms with E-state index in [1.54, 1.807) is 6.33 Å². The van der Waals surface area contributed by atoms with Gasteiger partial charge in [-0.1, -0.05) is 96.7 Å². The highest BCUT2D eigenvalue weighted by molar-refractivity contribution is 6.90. The van der Waals surface area contributed by atoms with Gasteiger partial charge in [-0.15, -0.1) is 0 Å². The van der Waals surface area contributed by atoms with Crippen LogP contribution in [-0.2, 0) is 10.8 Å². The van der Waals surface area contributed by atoms with E-state index >= 15 is 0 Å². The highest BCUT2D eigenvalue weighted by Crippen LogP contribution is 2.55. The van der Waals surface area contributed by atoms with Gasteiger partial charge in [0.15, 0.2) is 11.7 Å². The molecular weight excluding hydrogens is 434 g/mol. The molecule has 1 aliphatic rings. The molecule has 0 fully saturated rings. The minimum atomic E-state index is -1.61. The first kappa shape index (κ1) is 23.0. The zero-order valence-electron chi connectivity index (χ0n) is 21.9. The summed E-state index contributed by atoms with van der Waals surface area (Å²) >= 11 is 0.